The van der Waals surface area contributed by atoms with Gasteiger partial charge in [0, 0.05) is 25.1 Å². The summed E-state index contributed by atoms with van der Waals surface area (Å²) in [6, 6.07) is 8.24. The van der Waals surface area contributed by atoms with Crippen LogP contribution in [-0.4, -0.2) is 30.2 Å². The van der Waals surface area contributed by atoms with Gasteiger partial charge in [-0.1, -0.05) is 38.1 Å². The van der Waals surface area contributed by atoms with Gasteiger partial charge in [-0.25, -0.2) is 0 Å². The lowest BCUT2D eigenvalue weighted by atomic mass is 9.89. The monoisotopic (exact) mass is 340 g/mol. The van der Waals surface area contributed by atoms with E-state index < -0.39 is 5.92 Å². The van der Waals surface area contributed by atoms with Crippen LogP contribution in [0.4, 0.5) is 0 Å². The number of rotatable bonds is 3. The number of carbonyl (C=O) groups is 2. The molecule has 132 valence electrons. The second-order valence-electron chi connectivity index (χ2n) is 7.19. The molecule has 1 aromatic rings. The summed E-state index contributed by atoms with van der Waals surface area (Å²) >= 11 is 0. The predicted octanol–water partition coefficient (Wildman–Crippen LogP) is 1.56. The Morgan fingerprint density at radius 3 is 2.48 bits per heavy atom. The van der Waals surface area contributed by atoms with E-state index in [2.05, 4.69) is 26.0 Å². The van der Waals surface area contributed by atoms with Gasteiger partial charge in [-0.2, -0.15) is 0 Å². The first kappa shape index (κ1) is 17.6. The number of likely N-dealkylation sites (N-methyl/N-ethyl adjacent to an activating group) is 1. The lowest BCUT2D eigenvalue weighted by molar-refractivity contribution is -0.803. The lowest BCUT2D eigenvalue weighted by Gasteiger charge is -2.37. The number of quaternary nitrogens is 1. The van der Waals surface area contributed by atoms with Gasteiger partial charge in [-0.3, -0.25) is 9.59 Å². The quantitative estimate of drug-likeness (QED) is 0.671. The fourth-order valence-electron chi connectivity index (χ4n) is 3.37. The molecule has 0 aliphatic carbocycles. The summed E-state index contributed by atoms with van der Waals surface area (Å²) in [4.78, 5) is 26.0. The zero-order chi connectivity index (χ0) is 18.3. The van der Waals surface area contributed by atoms with Crippen LogP contribution in [0.25, 0.3) is 0 Å². The topological polar surface area (TPSA) is 64.9 Å². The first-order valence-corrected chi connectivity index (χ1v) is 8.67. The largest absolute Gasteiger partial charge is 0.629 e. The number of carbonyl (C=O) groups excluding carboxylic acids is 2. The molecule has 2 unspecified atom stereocenters. The lowest BCUT2D eigenvalue weighted by Crippen LogP contribution is -3.06. The van der Waals surface area contributed by atoms with Gasteiger partial charge in [0.2, 0.25) is 5.91 Å². The van der Waals surface area contributed by atoms with Gasteiger partial charge in [0.15, 0.2) is 5.78 Å². The zero-order valence-corrected chi connectivity index (χ0v) is 15.1. The standard InChI is InChI=1S/C20H24N2O3/c1-12(2)15-7-5-14(6-8-15)9-16-10-17-18(11-22(16)25)21(4)20(24)13(3)19(17)23/h5-8,10,12-13,22H,9,11H2,1-4H3. The van der Waals surface area contributed by atoms with Crippen LogP contribution in [0.15, 0.2) is 47.3 Å². The van der Waals surface area contributed by atoms with Gasteiger partial charge in [0.05, 0.1) is 11.6 Å². The number of hydrogen-bond acceptors (Lipinski definition) is 3. The van der Waals surface area contributed by atoms with Crippen LogP contribution >= 0.6 is 0 Å². The number of nitrogens with one attached hydrogen (secondary N) is 1. The Kier molecular flexibility index (Phi) is 4.62. The molecule has 2 aliphatic heterocycles. The number of ketones is 1. The molecule has 0 aromatic heterocycles. The summed E-state index contributed by atoms with van der Waals surface area (Å²) in [5.74, 6) is -0.637. The first-order chi connectivity index (χ1) is 11.8. The van der Waals surface area contributed by atoms with Crippen molar-refractivity contribution >= 4 is 11.7 Å². The second-order valence-corrected chi connectivity index (χ2v) is 7.19. The molecule has 3 rings (SSSR count). The third kappa shape index (κ3) is 3.17. The summed E-state index contributed by atoms with van der Waals surface area (Å²) in [7, 11) is 1.64. The van der Waals surface area contributed by atoms with Gasteiger partial charge in [-0.05, 0) is 24.0 Å². The van der Waals surface area contributed by atoms with E-state index in [9.17, 15) is 14.8 Å². The molecule has 5 nitrogen and oxygen atoms in total. The number of amides is 1. The fraction of sp³-hybridized carbons (Fsp3) is 0.400. The number of hydroxylamine groups is 2. The number of nitrogens with zero attached hydrogens (tertiary/aromatic N) is 1. The van der Waals surface area contributed by atoms with E-state index in [0.29, 0.717) is 29.3 Å². The van der Waals surface area contributed by atoms with Crippen LogP contribution in [0.1, 0.15) is 37.8 Å². The van der Waals surface area contributed by atoms with Crippen molar-refractivity contribution in [2.45, 2.75) is 33.1 Å². The Morgan fingerprint density at radius 2 is 1.88 bits per heavy atom. The summed E-state index contributed by atoms with van der Waals surface area (Å²) in [6.45, 7) is 6.03. The summed E-state index contributed by atoms with van der Waals surface area (Å²) in [6.07, 6.45) is 2.20. The molecule has 1 amide bonds. The number of benzene rings is 1. The Labute approximate surface area is 148 Å². The zero-order valence-electron chi connectivity index (χ0n) is 15.1. The maximum Gasteiger partial charge on any atom is 0.237 e. The van der Waals surface area contributed by atoms with Crippen LogP contribution in [0, 0.1) is 11.1 Å². The predicted molar refractivity (Wildman–Crippen MR) is 95.5 cm³/mol. The third-order valence-electron chi connectivity index (χ3n) is 5.12. The minimum atomic E-state index is -0.681. The van der Waals surface area contributed by atoms with Crippen molar-refractivity contribution in [2.24, 2.45) is 5.92 Å². The SMILES string of the molecule is CC1C(=O)C2=C(C[NH+]([O-])C(Cc3ccc(C(C)C)cc3)=C2)N(C)C1=O. The molecule has 25 heavy (non-hydrogen) atoms. The molecule has 2 heterocycles. The van der Waals surface area contributed by atoms with E-state index >= 15 is 0 Å². The molecule has 1 aromatic carbocycles. The molecule has 0 saturated heterocycles. The normalized spacial score (nSPS) is 23.9. The molecule has 0 radical (unpaired) electrons. The van der Waals surface area contributed by atoms with Crippen LogP contribution in [0.3, 0.4) is 0 Å². The molecule has 1 N–H and O–H groups in total. The van der Waals surface area contributed by atoms with Crippen LogP contribution in [0.2, 0.25) is 0 Å². The van der Waals surface area contributed by atoms with Crippen molar-refractivity contribution in [3.05, 3.63) is 63.6 Å². The van der Waals surface area contributed by atoms with Crippen molar-refractivity contribution < 1.29 is 14.7 Å². The number of Topliss-reactive ketones (excluding diaryl/α,β-unsaturated/α-hetero) is 1. The van der Waals surface area contributed by atoms with Crippen molar-refractivity contribution in [3.8, 4) is 0 Å². The maximum atomic E-state index is 12.5. The van der Waals surface area contributed by atoms with Crippen molar-refractivity contribution in [2.75, 3.05) is 13.6 Å². The highest BCUT2D eigenvalue weighted by atomic mass is 16.5. The highest BCUT2D eigenvalue weighted by Gasteiger charge is 2.39. The number of allylic oxidation sites excluding steroid dienone is 3. The smallest absolute Gasteiger partial charge is 0.237 e. The Bertz CT molecular complexity index is 775. The second kappa shape index (κ2) is 6.58. The minimum Gasteiger partial charge on any atom is -0.629 e. The molecular formula is C20H24N2O3. The van der Waals surface area contributed by atoms with E-state index in [4.69, 9.17) is 0 Å². The van der Waals surface area contributed by atoms with Crippen molar-refractivity contribution in [1.82, 2.24) is 4.90 Å². The van der Waals surface area contributed by atoms with Gasteiger partial charge >= 0.3 is 0 Å². The van der Waals surface area contributed by atoms with E-state index in [1.807, 2.05) is 12.1 Å². The van der Waals surface area contributed by atoms with Gasteiger partial charge in [0.1, 0.15) is 12.2 Å². The Hall–Kier alpha value is -2.24. The van der Waals surface area contributed by atoms with Crippen LogP contribution in [0.5, 0.6) is 0 Å². The molecular weight excluding hydrogens is 316 g/mol. The average Bonchev–Trinajstić information content (AvgIpc) is 2.60. The van der Waals surface area contributed by atoms with E-state index in [-0.39, 0.29) is 23.3 Å². The van der Waals surface area contributed by atoms with E-state index in [0.717, 1.165) is 5.56 Å². The summed E-state index contributed by atoms with van der Waals surface area (Å²) < 4.78 is 0. The molecule has 2 aliphatic rings. The van der Waals surface area contributed by atoms with E-state index in [1.54, 1.807) is 20.0 Å². The highest BCUT2D eigenvalue weighted by molar-refractivity contribution is 6.14. The van der Waals surface area contributed by atoms with Gasteiger partial charge in [-0.15, -0.1) is 0 Å². The van der Waals surface area contributed by atoms with Gasteiger partial charge < -0.3 is 15.2 Å². The fourth-order valence-corrected chi connectivity index (χ4v) is 3.37. The first-order valence-electron chi connectivity index (χ1n) is 8.67. The third-order valence-corrected chi connectivity index (χ3v) is 5.12. The van der Waals surface area contributed by atoms with Crippen molar-refractivity contribution in [1.29, 1.82) is 0 Å². The van der Waals surface area contributed by atoms with Gasteiger partial charge in [0.25, 0.3) is 0 Å². The minimum absolute atomic E-state index is 0.0197. The molecule has 0 saturated carbocycles. The average molecular weight is 340 g/mol. The summed E-state index contributed by atoms with van der Waals surface area (Å²) in [5, 5.41) is 12.5. The molecule has 0 fully saturated rings. The Morgan fingerprint density at radius 1 is 1.24 bits per heavy atom. The maximum absolute atomic E-state index is 12.5. The van der Waals surface area contributed by atoms with E-state index in [1.165, 1.54) is 10.5 Å². The summed E-state index contributed by atoms with van der Waals surface area (Å²) in [5.41, 5.74) is 4.00. The molecule has 2 atom stereocenters. The molecule has 0 bridgehead atoms. The van der Waals surface area contributed by atoms with Crippen LogP contribution < -0.4 is 5.06 Å². The van der Waals surface area contributed by atoms with Crippen molar-refractivity contribution in [3.63, 3.8) is 0 Å². The highest BCUT2D eigenvalue weighted by Crippen LogP contribution is 2.26. The van der Waals surface area contributed by atoms with Crippen LogP contribution in [-0.2, 0) is 16.0 Å². The number of hydrogen-bond donors (Lipinski definition) is 1. The molecule has 0 spiro atoms. The Balaban J connectivity index is 1.90. The molecule has 5 heteroatoms.